The highest BCUT2D eigenvalue weighted by molar-refractivity contribution is 5.77. The zero-order valence-corrected chi connectivity index (χ0v) is 10.8. The summed E-state index contributed by atoms with van der Waals surface area (Å²) in [6.07, 6.45) is 0. The Labute approximate surface area is 107 Å². The standard InChI is InChI=1S/C16H16O2/c1-10-4-7-15-13(8-10)12-6-5-11(17)9-14(12)16(2,3)18-15/h4-9,17H,1-3H3. The van der Waals surface area contributed by atoms with E-state index in [1.54, 1.807) is 12.1 Å². The molecule has 0 saturated heterocycles. The Morgan fingerprint density at radius 1 is 1.00 bits per heavy atom. The molecule has 3 rings (SSSR count). The predicted octanol–water partition coefficient (Wildman–Crippen LogP) is 4.00. The third-order valence-electron chi connectivity index (χ3n) is 3.44. The van der Waals surface area contributed by atoms with E-state index in [1.165, 1.54) is 5.56 Å². The van der Waals surface area contributed by atoms with E-state index in [0.29, 0.717) is 0 Å². The van der Waals surface area contributed by atoms with Crippen molar-refractivity contribution in [1.82, 2.24) is 0 Å². The molecule has 1 heterocycles. The molecule has 0 aromatic heterocycles. The second-order valence-electron chi connectivity index (χ2n) is 5.34. The van der Waals surface area contributed by atoms with Crippen molar-refractivity contribution in [1.29, 1.82) is 0 Å². The molecule has 0 amide bonds. The van der Waals surface area contributed by atoms with Gasteiger partial charge >= 0.3 is 0 Å². The van der Waals surface area contributed by atoms with E-state index in [1.807, 2.05) is 26.0 Å². The summed E-state index contributed by atoms with van der Waals surface area (Å²) >= 11 is 0. The lowest BCUT2D eigenvalue weighted by atomic mass is 9.85. The number of fused-ring (bicyclic) bond motifs is 3. The zero-order chi connectivity index (χ0) is 12.9. The summed E-state index contributed by atoms with van der Waals surface area (Å²) in [6, 6.07) is 11.7. The molecule has 0 radical (unpaired) electrons. The van der Waals surface area contributed by atoms with E-state index in [2.05, 4.69) is 19.1 Å². The molecule has 0 unspecified atom stereocenters. The van der Waals surface area contributed by atoms with Crippen LogP contribution in [0.5, 0.6) is 11.5 Å². The molecule has 92 valence electrons. The lowest BCUT2D eigenvalue weighted by molar-refractivity contribution is 0.105. The van der Waals surface area contributed by atoms with Gasteiger partial charge in [-0.3, -0.25) is 0 Å². The molecule has 2 heteroatoms. The molecule has 2 nitrogen and oxygen atoms in total. The fourth-order valence-electron chi connectivity index (χ4n) is 2.54. The number of ether oxygens (including phenoxy) is 1. The van der Waals surface area contributed by atoms with Gasteiger partial charge in [-0.1, -0.05) is 17.7 Å². The second kappa shape index (κ2) is 3.52. The molecule has 1 N–H and O–H groups in total. The van der Waals surface area contributed by atoms with E-state index in [4.69, 9.17) is 4.74 Å². The topological polar surface area (TPSA) is 29.5 Å². The van der Waals surface area contributed by atoms with E-state index < -0.39 is 5.60 Å². The Morgan fingerprint density at radius 2 is 1.78 bits per heavy atom. The Morgan fingerprint density at radius 3 is 2.56 bits per heavy atom. The summed E-state index contributed by atoms with van der Waals surface area (Å²) < 4.78 is 6.04. The molecule has 0 aliphatic carbocycles. The molecule has 1 aliphatic rings. The first-order valence-corrected chi connectivity index (χ1v) is 6.11. The summed E-state index contributed by atoms with van der Waals surface area (Å²) in [5.41, 5.74) is 4.06. The minimum absolute atomic E-state index is 0.279. The average Bonchev–Trinajstić information content (AvgIpc) is 2.30. The molecular weight excluding hydrogens is 224 g/mol. The Balaban J connectivity index is 2.33. The number of phenolic OH excluding ortho intramolecular Hbond substituents is 1. The van der Waals surface area contributed by atoms with Gasteiger partial charge in [0.2, 0.25) is 0 Å². The first-order chi connectivity index (χ1) is 8.47. The fraction of sp³-hybridized carbons (Fsp3) is 0.250. The molecule has 2 aromatic carbocycles. The lowest BCUT2D eigenvalue weighted by Crippen LogP contribution is -2.29. The highest BCUT2D eigenvalue weighted by Crippen LogP contribution is 2.46. The molecule has 18 heavy (non-hydrogen) atoms. The zero-order valence-electron chi connectivity index (χ0n) is 10.8. The number of hydrogen-bond acceptors (Lipinski definition) is 2. The minimum atomic E-state index is -0.420. The van der Waals surface area contributed by atoms with Crippen LogP contribution < -0.4 is 4.74 Å². The monoisotopic (exact) mass is 240 g/mol. The van der Waals surface area contributed by atoms with E-state index in [-0.39, 0.29) is 5.75 Å². The van der Waals surface area contributed by atoms with Crippen LogP contribution in [0.15, 0.2) is 36.4 Å². The maximum atomic E-state index is 9.67. The molecule has 2 aromatic rings. The first-order valence-electron chi connectivity index (χ1n) is 6.11. The Hall–Kier alpha value is -1.96. The van der Waals surface area contributed by atoms with Gasteiger partial charge in [-0.2, -0.15) is 0 Å². The quantitative estimate of drug-likeness (QED) is 0.754. The van der Waals surface area contributed by atoms with Crippen LogP contribution in [0.2, 0.25) is 0 Å². The minimum Gasteiger partial charge on any atom is -0.508 e. The van der Waals surface area contributed by atoms with Crippen molar-refractivity contribution in [3.8, 4) is 22.6 Å². The van der Waals surface area contributed by atoms with E-state index in [0.717, 1.165) is 22.4 Å². The van der Waals surface area contributed by atoms with Gasteiger partial charge in [-0.05, 0) is 50.6 Å². The lowest BCUT2D eigenvalue weighted by Gasteiger charge is -2.35. The maximum absolute atomic E-state index is 9.67. The summed E-state index contributed by atoms with van der Waals surface area (Å²) in [6.45, 7) is 6.11. The molecule has 0 saturated carbocycles. The van der Waals surface area contributed by atoms with Crippen molar-refractivity contribution >= 4 is 0 Å². The summed E-state index contributed by atoms with van der Waals surface area (Å²) in [5.74, 6) is 1.19. The number of hydrogen-bond donors (Lipinski definition) is 1. The van der Waals surface area contributed by atoms with Gasteiger partial charge in [0.1, 0.15) is 17.1 Å². The average molecular weight is 240 g/mol. The largest absolute Gasteiger partial charge is 0.508 e. The van der Waals surface area contributed by atoms with Gasteiger partial charge < -0.3 is 9.84 Å². The number of benzene rings is 2. The van der Waals surface area contributed by atoms with Gasteiger partial charge in [0.05, 0.1) is 0 Å². The fourth-order valence-corrected chi connectivity index (χ4v) is 2.54. The molecule has 1 aliphatic heterocycles. The normalized spacial score (nSPS) is 15.5. The van der Waals surface area contributed by atoms with Crippen LogP contribution in [0.25, 0.3) is 11.1 Å². The van der Waals surface area contributed by atoms with Crippen molar-refractivity contribution in [2.45, 2.75) is 26.4 Å². The van der Waals surface area contributed by atoms with Crippen LogP contribution in [-0.4, -0.2) is 5.11 Å². The van der Waals surface area contributed by atoms with E-state index in [9.17, 15) is 5.11 Å². The summed E-state index contributed by atoms with van der Waals surface area (Å²) in [5, 5.41) is 9.67. The first kappa shape index (κ1) is 11.1. The van der Waals surface area contributed by atoms with Crippen molar-refractivity contribution in [2.75, 3.05) is 0 Å². The number of aromatic hydroxyl groups is 1. The van der Waals surface area contributed by atoms with Crippen LogP contribution >= 0.6 is 0 Å². The Bertz CT molecular complexity index is 627. The SMILES string of the molecule is Cc1ccc2c(c1)-c1ccc(O)cc1C(C)(C)O2. The van der Waals surface area contributed by atoms with Gasteiger partial charge in [0, 0.05) is 11.1 Å². The van der Waals surface area contributed by atoms with Crippen LogP contribution in [0.1, 0.15) is 25.0 Å². The number of rotatable bonds is 0. The molecule has 0 bridgehead atoms. The van der Waals surface area contributed by atoms with Gasteiger partial charge in [-0.25, -0.2) is 0 Å². The number of phenols is 1. The smallest absolute Gasteiger partial charge is 0.129 e. The molecule has 0 atom stereocenters. The van der Waals surface area contributed by atoms with Crippen LogP contribution in [0.4, 0.5) is 0 Å². The second-order valence-corrected chi connectivity index (χ2v) is 5.34. The summed E-state index contributed by atoms with van der Waals surface area (Å²) in [7, 11) is 0. The predicted molar refractivity (Wildman–Crippen MR) is 71.9 cm³/mol. The van der Waals surface area contributed by atoms with Crippen LogP contribution in [-0.2, 0) is 5.60 Å². The summed E-state index contributed by atoms with van der Waals surface area (Å²) in [4.78, 5) is 0. The van der Waals surface area contributed by atoms with Crippen LogP contribution in [0, 0.1) is 6.92 Å². The third-order valence-corrected chi connectivity index (χ3v) is 3.44. The van der Waals surface area contributed by atoms with Crippen molar-refractivity contribution in [3.63, 3.8) is 0 Å². The maximum Gasteiger partial charge on any atom is 0.129 e. The highest BCUT2D eigenvalue weighted by atomic mass is 16.5. The molecule has 0 fully saturated rings. The Kier molecular flexibility index (Phi) is 2.18. The highest BCUT2D eigenvalue weighted by Gasteiger charge is 2.32. The van der Waals surface area contributed by atoms with Gasteiger partial charge in [-0.15, -0.1) is 0 Å². The van der Waals surface area contributed by atoms with Crippen molar-refractivity contribution < 1.29 is 9.84 Å². The van der Waals surface area contributed by atoms with Crippen LogP contribution in [0.3, 0.4) is 0 Å². The third kappa shape index (κ3) is 1.57. The van der Waals surface area contributed by atoms with E-state index >= 15 is 0 Å². The van der Waals surface area contributed by atoms with Crippen molar-refractivity contribution in [2.24, 2.45) is 0 Å². The van der Waals surface area contributed by atoms with Gasteiger partial charge in [0.15, 0.2) is 0 Å². The van der Waals surface area contributed by atoms with Gasteiger partial charge in [0.25, 0.3) is 0 Å². The molecule has 0 spiro atoms. The number of aryl methyl sites for hydroxylation is 1. The van der Waals surface area contributed by atoms with Crippen molar-refractivity contribution in [3.05, 3.63) is 47.5 Å². The molecular formula is C16H16O2.